The van der Waals surface area contributed by atoms with Crippen LogP contribution in [0.3, 0.4) is 0 Å². The van der Waals surface area contributed by atoms with Crippen molar-refractivity contribution in [2.24, 2.45) is 5.92 Å². The summed E-state index contributed by atoms with van der Waals surface area (Å²) in [5, 5.41) is 6.04. The highest BCUT2D eigenvalue weighted by atomic mass is 16.2. The summed E-state index contributed by atoms with van der Waals surface area (Å²) in [6.07, 6.45) is 7.37. The van der Waals surface area contributed by atoms with Gasteiger partial charge in [-0.15, -0.1) is 0 Å². The summed E-state index contributed by atoms with van der Waals surface area (Å²) >= 11 is 0. The van der Waals surface area contributed by atoms with Crippen molar-refractivity contribution < 1.29 is 4.79 Å². The van der Waals surface area contributed by atoms with E-state index in [0.717, 1.165) is 36.2 Å². The van der Waals surface area contributed by atoms with Crippen LogP contribution in [-0.4, -0.2) is 38.7 Å². The molecule has 0 radical (unpaired) electrons. The molecule has 0 unspecified atom stereocenters. The number of amides is 1. The van der Waals surface area contributed by atoms with Crippen molar-refractivity contribution >= 4 is 16.7 Å². The molecule has 1 aliphatic carbocycles. The molecular formula is C23H26N4O2. The lowest BCUT2D eigenvalue weighted by Crippen LogP contribution is -2.39. The van der Waals surface area contributed by atoms with Crippen LogP contribution in [0.2, 0.25) is 0 Å². The average molecular weight is 390 g/mol. The van der Waals surface area contributed by atoms with Gasteiger partial charge in [0.25, 0.3) is 5.56 Å². The maximum Gasteiger partial charge on any atom is 0.275 e. The molecule has 1 fully saturated rings. The lowest BCUT2D eigenvalue weighted by molar-refractivity contribution is -0.132. The summed E-state index contributed by atoms with van der Waals surface area (Å²) in [5.41, 5.74) is 1.65. The molecule has 6 nitrogen and oxygen atoms in total. The summed E-state index contributed by atoms with van der Waals surface area (Å²) in [6, 6.07) is 11.4. The van der Waals surface area contributed by atoms with Crippen molar-refractivity contribution in [1.29, 1.82) is 0 Å². The molecule has 4 rings (SSSR count). The SMILES string of the molecule is CCCN(CC1CC1)C(=O)Cn1nc(Cc2ccncc2)c2ccccc2c1=O. The number of carbonyl (C=O) groups excluding carboxylic acids is 1. The summed E-state index contributed by atoms with van der Waals surface area (Å²) in [7, 11) is 0. The molecule has 1 aliphatic rings. The molecule has 150 valence electrons. The van der Waals surface area contributed by atoms with Crippen molar-refractivity contribution in [1.82, 2.24) is 19.7 Å². The molecule has 0 atom stereocenters. The van der Waals surface area contributed by atoms with E-state index < -0.39 is 0 Å². The van der Waals surface area contributed by atoms with Gasteiger partial charge in [0, 0.05) is 37.3 Å². The fourth-order valence-electron chi connectivity index (χ4n) is 3.66. The quantitative estimate of drug-likeness (QED) is 0.593. The Labute approximate surface area is 170 Å². The van der Waals surface area contributed by atoms with Gasteiger partial charge < -0.3 is 4.90 Å². The number of aromatic nitrogens is 3. The molecule has 0 spiro atoms. The first kappa shape index (κ1) is 19.3. The highest BCUT2D eigenvalue weighted by Crippen LogP contribution is 2.29. The smallest absolute Gasteiger partial charge is 0.275 e. The van der Waals surface area contributed by atoms with Crippen molar-refractivity contribution in [3.05, 3.63) is 70.4 Å². The van der Waals surface area contributed by atoms with Crippen LogP contribution in [0.5, 0.6) is 0 Å². The van der Waals surface area contributed by atoms with Crippen molar-refractivity contribution in [2.45, 2.75) is 39.2 Å². The van der Waals surface area contributed by atoms with E-state index in [4.69, 9.17) is 0 Å². The highest BCUT2D eigenvalue weighted by molar-refractivity contribution is 5.84. The molecule has 2 aromatic heterocycles. The van der Waals surface area contributed by atoms with Gasteiger partial charge in [0.15, 0.2) is 0 Å². The van der Waals surface area contributed by atoms with Crippen LogP contribution < -0.4 is 5.56 Å². The Hall–Kier alpha value is -3.02. The minimum atomic E-state index is -0.213. The van der Waals surface area contributed by atoms with Crippen molar-refractivity contribution in [3.63, 3.8) is 0 Å². The van der Waals surface area contributed by atoms with E-state index in [0.29, 0.717) is 17.7 Å². The Kier molecular flexibility index (Phi) is 5.69. The van der Waals surface area contributed by atoms with Gasteiger partial charge in [-0.1, -0.05) is 25.1 Å². The first-order chi connectivity index (χ1) is 14.2. The van der Waals surface area contributed by atoms with Gasteiger partial charge in [-0.3, -0.25) is 14.6 Å². The second kappa shape index (κ2) is 8.55. The van der Waals surface area contributed by atoms with Crippen LogP contribution in [0.25, 0.3) is 10.8 Å². The van der Waals surface area contributed by atoms with Crippen molar-refractivity contribution in [2.75, 3.05) is 13.1 Å². The monoisotopic (exact) mass is 390 g/mol. The van der Waals surface area contributed by atoms with Gasteiger partial charge in [0.05, 0.1) is 11.1 Å². The van der Waals surface area contributed by atoms with Crippen LogP contribution in [-0.2, 0) is 17.8 Å². The molecule has 0 bridgehead atoms. The first-order valence-electron chi connectivity index (χ1n) is 10.3. The number of pyridine rings is 1. The third-order valence-corrected chi connectivity index (χ3v) is 5.37. The molecule has 0 saturated heterocycles. The molecule has 1 aromatic carbocycles. The minimum Gasteiger partial charge on any atom is -0.341 e. The molecule has 0 N–H and O–H groups in total. The van der Waals surface area contributed by atoms with Crippen LogP contribution in [0, 0.1) is 5.92 Å². The average Bonchev–Trinajstić information content (AvgIpc) is 3.56. The Morgan fingerprint density at radius 3 is 2.55 bits per heavy atom. The number of nitrogens with zero attached hydrogens (tertiary/aromatic N) is 4. The number of hydrogen-bond donors (Lipinski definition) is 0. The molecule has 29 heavy (non-hydrogen) atoms. The predicted molar refractivity (Wildman–Crippen MR) is 113 cm³/mol. The van der Waals surface area contributed by atoms with Gasteiger partial charge in [0.1, 0.15) is 6.54 Å². The normalized spacial score (nSPS) is 13.6. The zero-order valence-corrected chi connectivity index (χ0v) is 16.8. The molecule has 6 heteroatoms. The Morgan fingerprint density at radius 2 is 1.86 bits per heavy atom. The molecule has 0 aliphatic heterocycles. The topological polar surface area (TPSA) is 68.1 Å². The maximum absolute atomic E-state index is 13.0. The zero-order chi connectivity index (χ0) is 20.2. The highest BCUT2D eigenvalue weighted by Gasteiger charge is 2.27. The van der Waals surface area contributed by atoms with Gasteiger partial charge in [-0.05, 0) is 48.9 Å². The first-order valence-corrected chi connectivity index (χ1v) is 10.3. The van der Waals surface area contributed by atoms with E-state index in [9.17, 15) is 9.59 Å². The lowest BCUT2D eigenvalue weighted by Gasteiger charge is -2.22. The second-order valence-electron chi connectivity index (χ2n) is 7.77. The van der Waals surface area contributed by atoms with Crippen LogP contribution in [0.1, 0.15) is 37.4 Å². The second-order valence-corrected chi connectivity index (χ2v) is 7.77. The summed E-state index contributed by atoms with van der Waals surface area (Å²) < 4.78 is 1.34. The van der Waals surface area contributed by atoms with E-state index >= 15 is 0 Å². The van der Waals surface area contributed by atoms with Gasteiger partial charge in [0.2, 0.25) is 5.91 Å². The molecule has 1 amide bonds. The summed E-state index contributed by atoms with van der Waals surface area (Å²) in [6.45, 7) is 3.57. The van der Waals surface area contributed by atoms with Crippen LogP contribution >= 0.6 is 0 Å². The van der Waals surface area contributed by atoms with Gasteiger partial charge >= 0.3 is 0 Å². The largest absolute Gasteiger partial charge is 0.341 e. The van der Waals surface area contributed by atoms with E-state index in [2.05, 4.69) is 17.0 Å². The molecular weight excluding hydrogens is 364 g/mol. The standard InChI is InChI=1S/C23H26N4O2/c1-2-13-26(15-18-7-8-18)22(28)16-27-23(29)20-6-4-3-5-19(20)21(25-27)14-17-9-11-24-12-10-17/h3-6,9-12,18H,2,7-8,13-16H2,1H3. The Morgan fingerprint density at radius 1 is 1.14 bits per heavy atom. The number of hydrogen-bond acceptors (Lipinski definition) is 4. The molecule has 1 saturated carbocycles. The third kappa shape index (κ3) is 4.53. The fraction of sp³-hybridized carbons (Fsp3) is 0.391. The summed E-state index contributed by atoms with van der Waals surface area (Å²) in [4.78, 5) is 31.9. The Bertz CT molecular complexity index is 1060. The fourth-order valence-corrected chi connectivity index (χ4v) is 3.66. The third-order valence-electron chi connectivity index (χ3n) is 5.37. The summed E-state index contributed by atoms with van der Waals surface area (Å²) in [5.74, 6) is 0.590. The van der Waals surface area contributed by atoms with Gasteiger partial charge in [-0.25, -0.2) is 4.68 Å². The van der Waals surface area contributed by atoms with Crippen LogP contribution in [0.15, 0.2) is 53.6 Å². The lowest BCUT2D eigenvalue weighted by atomic mass is 10.1. The van der Waals surface area contributed by atoms with E-state index in [1.165, 1.54) is 17.5 Å². The van der Waals surface area contributed by atoms with E-state index in [-0.39, 0.29) is 18.0 Å². The van der Waals surface area contributed by atoms with Crippen LogP contribution in [0.4, 0.5) is 0 Å². The zero-order valence-electron chi connectivity index (χ0n) is 16.8. The number of fused-ring (bicyclic) bond motifs is 1. The maximum atomic E-state index is 13.0. The minimum absolute atomic E-state index is 0.0142. The molecule has 3 aromatic rings. The van der Waals surface area contributed by atoms with Gasteiger partial charge in [-0.2, -0.15) is 5.10 Å². The number of rotatable bonds is 8. The van der Waals surface area contributed by atoms with Crippen molar-refractivity contribution in [3.8, 4) is 0 Å². The number of carbonyl (C=O) groups is 1. The van der Waals surface area contributed by atoms with E-state index in [1.54, 1.807) is 12.4 Å². The Balaban J connectivity index is 1.67. The molecule has 2 heterocycles. The van der Waals surface area contributed by atoms with E-state index in [1.807, 2.05) is 41.3 Å². The number of benzene rings is 1. The predicted octanol–water partition coefficient (Wildman–Crippen LogP) is 3.03.